The summed E-state index contributed by atoms with van der Waals surface area (Å²) in [6.45, 7) is 0.518. The van der Waals surface area contributed by atoms with Crippen LogP contribution in [-0.2, 0) is 17.6 Å². The van der Waals surface area contributed by atoms with Gasteiger partial charge in [-0.2, -0.15) is 0 Å². The van der Waals surface area contributed by atoms with E-state index >= 15 is 0 Å². The van der Waals surface area contributed by atoms with E-state index in [1.54, 1.807) is 24.4 Å². The Balaban J connectivity index is 1.47. The average molecular weight is 355 g/mol. The molecule has 0 aliphatic carbocycles. The lowest BCUT2D eigenvalue weighted by molar-refractivity contribution is -0.118. The normalized spacial score (nSPS) is 16.6. The van der Waals surface area contributed by atoms with E-state index in [4.69, 9.17) is 0 Å². The first-order chi connectivity index (χ1) is 12.1. The van der Waals surface area contributed by atoms with Crippen molar-refractivity contribution in [2.45, 2.75) is 18.1 Å². The summed E-state index contributed by atoms with van der Waals surface area (Å²) < 4.78 is 0. The van der Waals surface area contributed by atoms with E-state index in [1.165, 1.54) is 0 Å². The van der Waals surface area contributed by atoms with Gasteiger partial charge in [-0.15, -0.1) is 0 Å². The fourth-order valence-electron chi connectivity index (χ4n) is 2.49. The fraction of sp³-hybridized carbons (Fsp3) is 0.222. The number of aromatic nitrogens is 1. The molecule has 1 unspecified atom stereocenters. The van der Waals surface area contributed by atoms with Crippen molar-refractivity contribution >= 4 is 28.8 Å². The Hall–Kier alpha value is -2.67. The van der Waals surface area contributed by atoms with Crippen molar-refractivity contribution in [3.8, 4) is 0 Å². The molecule has 2 aromatic rings. The van der Waals surface area contributed by atoms with Crippen molar-refractivity contribution in [1.82, 2.24) is 15.6 Å². The Morgan fingerprint density at radius 2 is 1.88 bits per heavy atom. The Morgan fingerprint density at radius 1 is 1.12 bits per heavy atom. The Labute approximate surface area is 149 Å². The van der Waals surface area contributed by atoms with Gasteiger partial charge in [0.15, 0.2) is 0 Å². The molecule has 0 saturated carbocycles. The van der Waals surface area contributed by atoms with Crippen LogP contribution in [0.1, 0.15) is 21.6 Å². The SMILES string of the molecule is O=C1NC(=O)C(Cc2ccc(CCNC(=O)c3ccccn3)cc2)S1. The highest BCUT2D eigenvalue weighted by molar-refractivity contribution is 8.15. The summed E-state index contributed by atoms with van der Waals surface area (Å²) in [5, 5.41) is 4.49. The second-order valence-corrected chi connectivity index (χ2v) is 6.80. The predicted octanol–water partition coefficient (Wildman–Crippen LogP) is 1.95. The molecule has 2 N–H and O–H groups in total. The van der Waals surface area contributed by atoms with E-state index in [-0.39, 0.29) is 22.3 Å². The summed E-state index contributed by atoms with van der Waals surface area (Å²) in [5.74, 6) is -0.414. The number of hydrogen-bond acceptors (Lipinski definition) is 5. The minimum atomic E-state index is -0.351. The highest BCUT2D eigenvalue weighted by atomic mass is 32.2. The number of benzene rings is 1. The van der Waals surface area contributed by atoms with Crippen LogP contribution < -0.4 is 10.6 Å². The molecule has 0 spiro atoms. The number of carbonyl (C=O) groups is 3. The molecule has 0 radical (unpaired) electrons. The van der Waals surface area contributed by atoms with Gasteiger partial charge in [0.1, 0.15) is 5.69 Å². The lowest BCUT2D eigenvalue weighted by Gasteiger charge is -2.08. The molecule has 7 heteroatoms. The lowest BCUT2D eigenvalue weighted by atomic mass is 10.1. The number of imide groups is 1. The second kappa shape index (κ2) is 7.94. The van der Waals surface area contributed by atoms with Crippen LogP contribution >= 0.6 is 11.8 Å². The van der Waals surface area contributed by atoms with Crippen LogP contribution in [0.5, 0.6) is 0 Å². The third kappa shape index (κ3) is 4.67. The molecule has 128 valence electrons. The topological polar surface area (TPSA) is 88.2 Å². The molecule has 2 heterocycles. The van der Waals surface area contributed by atoms with Gasteiger partial charge in [0, 0.05) is 12.7 Å². The predicted molar refractivity (Wildman–Crippen MR) is 95.3 cm³/mol. The highest BCUT2D eigenvalue weighted by Crippen LogP contribution is 2.23. The van der Waals surface area contributed by atoms with Gasteiger partial charge in [-0.1, -0.05) is 42.1 Å². The molecule has 6 nitrogen and oxygen atoms in total. The van der Waals surface area contributed by atoms with Crippen molar-refractivity contribution in [3.63, 3.8) is 0 Å². The first-order valence-electron chi connectivity index (χ1n) is 7.90. The Morgan fingerprint density at radius 3 is 2.52 bits per heavy atom. The van der Waals surface area contributed by atoms with Crippen LogP contribution in [-0.4, -0.2) is 33.8 Å². The van der Waals surface area contributed by atoms with Crippen LogP contribution in [0.15, 0.2) is 48.7 Å². The van der Waals surface area contributed by atoms with E-state index in [0.29, 0.717) is 25.1 Å². The molecule has 0 bridgehead atoms. The zero-order valence-electron chi connectivity index (χ0n) is 13.4. The standard InChI is InChI=1S/C18H17N3O3S/c22-16(14-3-1-2-9-19-14)20-10-8-12-4-6-13(7-5-12)11-15-17(23)21-18(24)25-15/h1-7,9,15H,8,10-11H2,(H,20,22)(H,21,23,24). The van der Waals surface area contributed by atoms with Gasteiger partial charge in [0.05, 0.1) is 5.25 Å². The summed E-state index contributed by atoms with van der Waals surface area (Å²) in [7, 11) is 0. The van der Waals surface area contributed by atoms with Crippen LogP contribution in [0, 0.1) is 0 Å². The van der Waals surface area contributed by atoms with Crippen LogP contribution in [0.2, 0.25) is 0 Å². The number of hydrogen-bond donors (Lipinski definition) is 2. The van der Waals surface area contributed by atoms with E-state index in [0.717, 1.165) is 22.9 Å². The number of carbonyl (C=O) groups excluding carboxylic acids is 3. The third-order valence-electron chi connectivity index (χ3n) is 3.81. The number of nitrogens with one attached hydrogen (secondary N) is 2. The second-order valence-electron chi connectivity index (χ2n) is 5.62. The lowest BCUT2D eigenvalue weighted by Crippen LogP contribution is -2.26. The number of thioether (sulfide) groups is 1. The minimum Gasteiger partial charge on any atom is -0.350 e. The van der Waals surface area contributed by atoms with E-state index in [2.05, 4.69) is 15.6 Å². The summed E-state index contributed by atoms with van der Waals surface area (Å²) in [5.41, 5.74) is 2.49. The first kappa shape index (κ1) is 17.2. The number of nitrogens with zero attached hydrogens (tertiary/aromatic N) is 1. The van der Waals surface area contributed by atoms with Crippen LogP contribution in [0.3, 0.4) is 0 Å². The van der Waals surface area contributed by atoms with Gasteiger partial charge in [-0.3, -0.25) is 24.7 Å². The molecule has 1 saturated heterocycles. The first-order valence-corrected chi connectivity index (χ1v) is 8.78. The number of amides is 3. The maximum Gasteiger partial charge on any atom is 0.286 e. The molecular formula is C18H17N3O3S. The largest absolute Gasteiger partial charge is 0.350 e. The monoisotopic (exact) mass is 355 g/mol. The van der Waals surface area contributed by atoms with Gasteiger partial charge < -0.3 is 5.32 Å². The fourth-order valence-corrected chi connectivity index (χ4v) is 3.35. The number of rotatable bonds is 6. The zero-order chi connectivity index (χ0) is 17.6. The Bertz CT molecular complexity index is 778. The smallest absolute Gasteiger partial charge is 0.286 e. The van der Waals surface area contributed by atoms with Crippen LogP contribution in [0.25, 0.3) is 0 Å². The highest BCUT2D eigenvalue weighted by Gasteiger charge is 2.31. The van der Waals surface area contributed by atoms with E-state index in [1.807, 2.05) is 24.3 Å². The Kier molecular flexibility index (Phi) is 5.45. The van der Waals surface area contributed by atoms with Crippen molar-refractivity contribution in [1.29, 1.82) is 0 Å². The molecule has 1 atom stereocenters. The van der Waals surface area contributed by atoms with Crippen molar-refractivity contribution in [2.75, 3.05) is 6.54 Å². The zero-order valence-corrected chi connectivity index (χ0v) is 14.2. The van der Waals surface area contributed by atoms with E-state index in [9.17, 15) is 14.4 Å². The summed E-state index contributed by atoms with van der Waals surface area (Å²) in [6.07, 6.45) is 2.82. The molecule has 3 amide bonds. The summed E-state index contributed by atoms with van der Waals surface area (Å²) in [6, 6.07) is 13.1. The van der Waals surface area contributed by atoms with Gasteiger partial charge in [-0.05, 0) is 36.1 Å². The molecule has 3 rings (SSSR count). The molecule has 1 aliphatic heterocycles. The maximum atomic E-state index is 11.9. The number of pyridine rings is 1. The van der Waals surface area contributed by atoms with E-state index < -0.39 is 0 Å². The maximum absolute atomic E-state index is 11.9. The molecule has 1 aliphatic rings. The van der Waals surface area contributed by atoms with Gasteiger partial charge in [0.2, 0.25) is 5.91 Å². The molecule has 1 aromatic heterocycles. The third-order valence-corrected chi connectivity index (χ3v) is 4.79. The van der Waals surface area contributed by atoms with Gasteiger partial charge in [0.25, 0.3) is 11.1 Å². The quantitative estimate of drug-likeness (QED) is 0.827. The summed E-state index contributed by atoms with van der Waals surface area (Å²) in [4.78, 5) is 38.7. The average Bonchev–Trinajstić information content (AvgIpc) is 2.94. The van der Waals surface area contributed by atoms with Gasteiger partial charge >= 0.3 is 0 Å². The molecular weight excluding hydrogens is 338 g/mol. The molecule has 1 aromatic carbocycles. The summed E-state index contributed by atoms with van der Waals surface area (Å²) >= 11 is 1.03. The minimum absolute atomic E-state index is 0.189. The van der Waals surface area contributed by atoms with Crippen molar-refractivity contribution in [2.24, 2.45) is 0 Å². The van der Waals surface area contributed by atoms with Crippen molar-refractivity contribution in [3.05, 3.63) is 65.5 Å². The van der Waals surface area contributed by atoms with Crippen LogP contribution in [0.4, 0.5) is 4.79 Å². The van der Waals surface area contributed by atoms with Crippen molar-refractivity contribution < 1.29 is 14.4 Å². The van der Waals surface area contributed by atoms with Gasteiger partial charge in [-0.25, -0.2) is 0 Å². The molecule has 25 heavy (non-hydrogen) atoms. The molecule has 1 fully saturated rings.